The fourth-order valence-electron chi connectivity index (χ4n) is 4.43. The van der Waals surface area contributed by atoms with Gasteiger partial charge < -0.3 is 4.74 Å². The van der Waals surface area contributed by atoms with Crippen LogP contribution in [0.2, 0.25) is 0 Å². The number of nitrogens with zero attached hydrogens (tertiary/aromatic N) is 4. The van der Waals surface area contributed by atoms with E-state index in [1.54, 1.807) is 23.0 Å². The molecule has 0 aliphatic carbocycles. The highest BCUT2D eigenvalue weighted by atomic mass is 32.1. The third kappa shape index (κ3) is 3.71. The van der Waals surface area contributed by atoms with E-state index >= 15 is 0 Å². The number of hydrogen-bond donors (Lipinski definition) is 0. The second-order valence-corrected chi connectivity index (χ2v) is 10.4. The van der Waals surface area contributed by atoms with Gasteiger partial charge in [-0.05, 0) is 30.9 Å². The molecule has 0 saturated heterocycles. The van der Waals surface area contributed by atoms with Gasteiger partial charge >= 0.3 is 0 Å². The maximum absolute atomic E-state index is 13.4. The van der Waals surface area contributed by atoms with Crippen molar-refractivity contribution in [3.8, 4) is 0 Å². The number of non-ortho nitro benzene ring substituents is 1. The van der Waals surface area contributed by atoms with Crippen LogP contribution in [-0.4, -0.2) is 25.1 Å². The van der Waals surface area contributed by atoms with Crippen LogP contribution in [0.3, 0.4) is 0 Å². The van der Waals surface area contributed by atoms with Crippen LogP contribution in [0.1, 0.15) is 56.0 Å². The van der Waals surface area contributed by atoms with Gasteiger partial charge in [-0.25, -0.2) is 9.97 Å². The van der Waals surface area contributed by atoms with Crippen LogP contribution >= 0.6 is 11.3 Å². The number of fused-ring (bicyclic) bond motifs is 5. The van der Waals surface area contributed by atoms with Gasteiger partial charge in [-0.1, -0.05) is 26.0 Å². The molecule has 0 radical (unpaired) electrons. The molecule has 9 heteroatoms. The van der Waals surface area contributed by atoms with E-state index in [4.69, 9.17) is 9.72 Å². The Morgan fingerprint density at radius 1 is 1.24 bits per heavy atom. The molecular formula is C24H24N4O4S. The fraction of sp³-hybridized carbons (Fsp3) is 0.375. The van der Waals surface area contributed by atoms with Gasteiger partial charge in [-0.3, -0.25) is 19.5 Å². The Labute approximate surface area is 194 Å². The maximum Gasteiger partial charge on any atom is 0.271 e. The van der Waals surface area contributed by atoms with Gasteiger partial charge in [0.25, 0.3) is 11.2 Å². The Hall–Kier alpha value is -3.17. The highest BCUT2D eigenvalue weighted by Gasteiger charge is 2.32. The third-order valence-corrected chi connectivity index (χ3v) is 7.16. The number of benzene rings is 1. The summed E-state index contributed by atoms with van der Waals surface area (Å²) in [4.78, 5) is 34.3. The highest BCUT2D eigenvalue weighted by Crippen LogP contribution is 2.41. The van der Waals surface area contributed by atoms with Crippen molar-refractivity contribution in [2.45, 2.75) is 58.8 Å². The molecule has 0 bridgehead atoms. The van der Waals surface area contributed by atoms with Crippen LogP contribution < -0.4 is 5.56 Å². The molecule has 0 fully saturated rings. The van der Waals surface area contributed by atoms with Crippen molar-refractivity contribution < 1.29 is 9.66 Å². The number of nitro benzene ring substituents is 1. The first kappa shape index (κ1) is 21.7. The number of ether oxygens (including phenoxy) is 1. The summed E-state index contributed by atoms with van der Waals surface area (Å²) in [5, 5.41) is 11.9. The van der Waals surface area contributed by atoms with Crippen molar-refractivity contribution in [1.82, 2.24) is 14.5 Å². The molecule has 0 saturated carbocycles. The topological polar surface area (TPSA) is 100 Å². The Morgan fingerprint density at radius 2 is 1.97 bits per heavy atom. The van der Waals surface area contributed by atoms with E-state index in [1.165, 1.54) is 29.0 Å². The summed E-state index contributed by atoms with van der Waals surface area (Å²) in [6.45, 7) is 9.20. The number of thiophene rings is 1. The van der Waals surface area contributed by atoms with Gasteiger partial charge in [0.05, 0.1) is 41.2 Å². The van der Waals surface area contributed by atoms with E-state index in [9.17, 15) is 14.9 Å². The van der Waals surface area contributed by atoms with Crippen molar-refractivity contribution in [1.29, 1.82) is 0 Å². The number of hydrogen-bond acceptors (Lipinski definition) is 7. The smallest absolute Gasteiger partial charge is 0.271 e. The number of nitro groups is 1. The first-order valence-corrected chi connectivity index (χ1v) is 11.7. The molecule has 4 heterocycles. The normalized spacial score (nSPS) is 15.3. The Morgan fingerprint density at radius 3 is 2.64 bits per heavy atom. The molecular weight excluding hydrogens is 440 g/mol. The lowest BCUT2D eigenvalue weighted by Gasteiger charge is -2.33. The first-order chi connectivity index (χ1) is 15.6. The van der Waals surface area contributed by atoms with Crippen molar-refractivity contribution in [2.75, 3.05) is 0 Å². The molecule has 1 aromatic carbocycles. The molecule has 3 aromatic heterocycles. The minimum Gasteiger partial charge on any atom is -0.370 e. The minimum absolute atomic E-state index is 0.0212. The van der Waals surface area contributed by atoms with Gasteiger partial charge in [0.1, 0.15) is 9.53 Å². The van der Waals surface area contributed by atoms with Crippen molar-refractivity contribution >= 4 is 37.5 Å². The predicted molar refractivity (Wildman–Crippen MR) is 128 cm³/mol. The molecule has 0 spiro atoms. The van der Waals surface area contributed by atoms with Gasteiger partial charge in [-0.15, -0.1) is 11.3 Å². The number of rotatable bonds is 4. The summed E-state index contributed by atoms with van der Waals surface area (Å²) >= 11 is 1.39. The molecule has 5 rings (SSSR count). The van der Waals surface area contributed by atoms with Crippen LogP contribution in [0.5, 0.6) is 0 Å². The summed E-state index contributed by atoms with van der Waals surface area (Å²) in [5.74, 6) is 0.241. The Balaban J connectivity index is 1.66. The summed E-state index contributed by atoms with van der Waals surface area (Å²) in [7, 11) is 0. The van der Waals surface area contributed by atoms with E-state index in [-0.39, 0.29) is 29.3 Å². The monoisotopic (exact) mass is 464 g/mol. The van der Waals surface area contributed by atoms with Gasteiger partial charge in [0.2, 0.25) is 0 Å². The van der Waals surface area contributed by atoms with Crippen LogP contribution in [0.15, 0.2) is 35.4 Å². The summed E-state index contributed by atoms with van der Waals surface area (Å²) in [6.07, 6.45) is 2.30. The molecule has 0 amide bonds. The van der Waals surface area contributed by atoms with Crippen molar-refractivity contribution in [3.63, 3.8) is 0 Å². The Bertz CT molecular complexity index is 1470. The lowest BCUT2D eigenvalue weighted by atomic mass is 9.87. The molecule has 4 aromatic rings. The van der Waals surface area contributed by atoms with Crippen LogP contribution in [0.4, 0.5) is 5.69 Å². The fourth-order valence-corrected chi connectivity index (χ4v) is 5.55. The second kappa shape index (κ2) is 7.71. The summed E-state index contributed by atoms with van der Waals surface area (Å²) in [6, 6.07) is 6.21. The molecule has 8 nitrogen and oxygen atoms in total. The molecule has 0 N–H and O–H groups in total. The standard InChI is InChI=1S/C24H24N4O4S/c1-13(2)19-17-11-32-24(3,4)9-16(17)18-20-21(33-22(18)26-19)23(29)27(12-25-20)10-14-5-7-15(8-6-14)28(30)31/h5-8,12-13H,9-11H2,1-4H3. The molecule has 170 valence electrons. The average molecular weight is 465 g/mol. The number of pyridine rings is 1. The van der Waals surface area contributed by atoms with Crippen LogP contribution in [-0.2, 0) is 24.3 Å². The summed E-state index contributed by atoms with van der Waals surface area (Å²) < 4.78 is 8.21. The van der Waals surface area contributed by atoms with E-state index in [0.29, 0.717) is 16.8 Å². The molecule has 1 aliphatic heterocycles. The van der Waals surface area contributed by atoms with Gasteiger partial charge in [-0.2, -0.15) is 0 Å². The molecule has 33 heavy (non-hydrogen) atoms. The van der Waals surface area contributed by atoms with Gasteiger partial charge in [0.15, 0.2) is 0 Å². The third-order valence-electron chi connectivity index (χ3n) is 6.10. The van der Waals surface area contributed by atoms with E-state index in [1.807, 2.05) is 0 Å². The zero-order valence-corrected chi connectivity index (χ0v) is 19.7. The first-order valence-electron chi connectivity index (χ1n) is 10.8. The van der Waals surface area contributed by atoms with Crippen molar-refractivity contribution in [3.05, 3.63) is 73.4 Å². The predicted octanol–water partition coefficient (Wildman–Crippen LogP) is 4.94. The SMILES string of the molecule is CC(C)c1nc2sc3c(=O)n(Cc4ccc([N+](=O)[O-])cc4)cnc3c2c2c1COC(C)(C)C2. The highest BCUT2D eigenvalue weighted by molar-refractivity contribution is 7.25. The lowest BCUT2D eigenvalue weighted by molar-refractivity contribution is -0.384. The number of aromatic nitrogens is 3. The van der Waals surface area contributed by atoms with Crippen molar-refractivity contribution in [2.24, 2.45) is 0 Å². The van der Waals surface area contributed by atoms with E-state index in [2.05, 4.69) is 32.7 Å². The van der Waals surface area contributed by atoms with E-state index in [0.717, 1.165) is 33.5 Å². The Kier molecular flexibility index (Phi) is 5.06. The van der Waals surface area contributed by atoms with Crippen LogP contribution in [0, 0.1) is 10.1 Å². The molecule has 0 atom stereocenters. The summed E-state index contributed by atoms with van der Waals surface area (Å²) in [5.41, 5.74) is 4.40. The van der Waals surface area contributed by atoms with E-state index < -0.39 is 4.92 Å². The quantitative estimate of drug-likeness (QED) is 0.313. The maximum atomic E-state index is 13.4. The minimum atomic E-state index is -0.438. The zero-order valence-electron chi connectivity index (χ0n) is 18.9. The van der Waals surface area contributed by atoms with Crippen LogP contribution in [0.25, 0.3) is 20.4 Å². The zero-order chi connectivity index (χ0) is 23.5. The second-order valence-electron chi connectivity index (χ2n) is 9.40. The molecule has 1 aliphatic rings. The van der Waals surface area contributed by atoms with Gasteiger partial charge in [0, 0.05) is 29.5 Å². The lowest BCUT2D eigenvalue weighted by Crippen LogP contribution is -2.33. The average Bonchev–Trinajstić information content (AvgIpc) is 3.14. The largest absolute Gasteiger partial charge is 0.370 e. The molecule has 0 unspecified atom stereocenters.